The molecule has 9 nitrogen and oxygen atoms in total. The lowest BCUT2D eigenvalue weighted by Gasteiger charge is -2.33. The molecule has 2 aliphatic heterocycles. The molecule has 194 valence electrons. The molecule has 3 fully saturated rings. The standard InChI is InChI=1S/C27H30N4O5S/c32-25(23-15-20-5-8-28-18-24(20)36-23)29-17-21-16-27(21)6-9-31(10-7-27)26(33)19-1-3-22(4-2-19)30-11-13-37(34,35)14-12-30/h1-5,8,15,18,21H,6-7,9-14,16-17H2,(H,29,32). The topological polar surface area (TPSA) is 113 Å². The molecule has 0 bridgehead atoms. The van der Waals surface area contributed by atoms with Crippen LogP contribution in [-0.4, -0.2) is 74.3 Å². The number of aromatic nitrogens is 1. The zero-order chi connectivity index (χ0) is 25.6. The highest BCUT2D eigenvalue weighted by atomic mass is 32.2. The van der Waals surface area contributed by atoms with Crippen LogP contribution in [0.4, 0.5) is 5.69 Å². The van der Waals surface area contributed by atoms with E-state index in [1.807, 2.05) is 35.2 Å². The van der Waals surface area contributed by atoms with Crippen molar-refractivity contribution < 1.29 is 22.4 Å². The summed E-state index contributed by atoms with van der Waals surface area (Å²) < 4.78 is 28.9. The highest BCUT2D eigenvalue weighted by Gasteiger charge is 2.54. The van der Waals surface area contributed by atoms with Crippen LogP contribution in [0, 0.1) is 11.3 Å². The maximum Gasteiger partial charge on any atom is 0.287 e. The first-order valence-corrected chi connectivity index (χ1v) is 14.6. The van der Waals surface area contributed by atoms with Crippen molar-refractivity contribution in [3.05, 3.63) is 60.1 Å². The molecule has 6 rings (SSSR count). The summed E-state index contributed by atoms with van der Waals surface area (Å²) >= 11 is 0. The minimum absolute atomic E-state index is 0.0347. The number of nitrogens with one attached hydrogen (secondary N) is 1. The molecule has 1 unspecified atom stereocenters. The summed E-state index contributed by atoms with van der Waals surface area (Å²) in [5.74, 6) is 0.895. The number of carbonyl (C=O) groups is 2. The second kappa shape index (κ2) is 9.16. The number of amides is 2. The average Bonchev–Trinajstić information content (AvgIpc) is 3.38. The first kappa shape index (κ1) is 24.0. The van der Waals surface area contributed by atoms with Crippen LogP contribution in [0.5, 0.6) is 0 Å². The lowest BCUT2D eigenvalue weighted by molar-refractivity contribution is 0.0668. The molecule has 0 radical (unpaired) electrons. The highest BCUT2D eigenvalue weighted by Crippen LogP contribution is 2.59. The van der Waals surface area contributed by atoms with Crippen molar-refractivity contribution >= 4 is 38.3 Å². The summed E-state index contributed by atoms with van der Waals surface area (Å²) in [6.07, 6.45) is 6.23. The Morgan fingerprint density at radius 3 is 2.49 bits per heavy atom. The van der Waals surface area contributed by atoms with Crippen molar-refractivity contribution in [2.75, 3.05) is 49.1 Å². The maximum absolute atomic E-state index is 13.1. The van der Waals surface area contributed by atoms with Gasteiger partial charge in [0.15, 0.2) is 21.2 Å². The Hall–Kier alpha value is -3.40. The molecule has 1 spiro atoms. The van der Waals surface area contributed by atoms with Gasteiger partial charge in [0.2, 0.25) is 0 Å². The van der Waals surface area contributed by atoms with Gasteiger partial charge in [0.05, 0.1) is 17.7 Å². The summed E-state index contributed by atoms with van der Waals surface area (Å²) in [5, 5.41) is 3.88. The van der Waals surface area contributed by atoms with E-state index in [0.717, 1.165) is 30.3 Å². The van der Waals surface area contributed by atoms with Crippen molar-refractivity contribution in [3.8, 4) is 0 Å². The second-order valence-electron chi connectivity index (χ2n) is 10.5. The predicted molar refractivity (Wildman–Crippen MR) is 139 cm³/mol. The SMILES string of the molecule is O=C(NCC1CC12CCN(C(=O)c1ccc(N3CCS(=O)(=O)CC3)cc1)CC2)c1cc2ccncc2o1. The van der Waals surface area contributed by atoms with Crippen LogP contribution in [0.3, 0.4) is 0 Å². The molecule has 1 aromatic carbocycles. The summed E-state index contributed by atoms with van der Waals surface area (Å²) in [6, 6.07) is 11.1. The second-order valence-corrected chi connectivity index (χ2v) is 12.8. The van der Waals surface area contributed by atoms with Gasteiger partial charge in [-0.3, -0.25) is 14.6 Å². The molecule has 1 aliphatic carbocycles. The molecule has 1 atom stereocenters. The minimum Gasteiger partial charge on any atom is -0.449 e. The first-order valence-electron chi connectivity index (χ1n) is 12.8. The monoisotopic (exact) mass is 522 g/mol. The molecule has 2 saturated heterocycles. The van der Waals surface area contributed by atoms with Gasteiger partial charge < -0.3 is 19.5 Å². The smallest absolute Gasteiger partial charge is 0.287 e. The molecule has 37 heavy (non-hydrogen) atoms. The third kappa shape index (κ3) is 4.82. The van der Waals surface area contributed by atoms with Crippen LogP contribution in [-0.2, 0) is 9.84 Å². The fourth-order valence-corrected chi connectivity index (χ4v) is 6.96. The van der Waals surface area contributed by atoms with Crippen LogP contribution in [0.2, 0.25) is 0 Å². The number of fused-ring (bicyclic) bond motifs is 1. The first-order chi connectivity index (χ1) is 17.8. The number of sulfone groups is 1. The molecule has 10 heteroatoms. The lowest BCUT2D eigenvalue weighted by Crippen LogP contribution is -2.41. The van der Waals surface area contributed by atoms with Crippen LogP contribution < -0.4 is 10.2 Å². The number of carbonyl (C=O) groups excluding carboxylic acids is 2. The van der Waals surface area contributed by atoms with Gasteiger partial charge in [-0.2, -0.15) is 0 Å². The summed E-state index contributed by atoms with van der Waals surface area (Å²) in [6.45, 7) is 3.01. The van der Waals surface area contributed by atoms with Gasteiger partial charge in [-0.15, -0.1) is 0 Å². The van der Waals surface area contributed by atoms with Gasteiger partial charge in [-0.1, -0.05) is 0 Å². The molecule has 1 saturated carbocycles. The van der Waals surface area contributed by atoms with E-state index in [1.54, 1.807) is 18.5 Å². The fraction of sp³-hybridized carbons (Fsp3) is 0.444. The molecule has 4 heterocycles. The number of piperidine rings is 1. The normalized spacial score (nSPS) is 22.2. The van der Waals surface area contributed by atoms with E-state index in [-0.39, 0.29) is 28.7 Å². The van der Waals surface area contributed by atoms with Gasteiger partial charge in [0, 0.05) is 55.6 Å². The molecule has 2 aromatic heterocycles. The lowest BCUT2D eigenvalue weighted by atomic mass is 9.90. The summed E-state index contributed by atoms with van der Waals surface area (Å²) in [7, 11) is -2.92. The number of pyridine rings is 1. The van der Waals surface area contributed by atoms with Crippen LogP contribution in [0.15, 0.2) is 53.2 Å². The Morgan fingerprint density at radius 1 is 1.05 bits per heavy atom. The molecular weight excluding hydrogens is 492 g/mol. The van der Waals surface area contributed by atoms with Crippen molar-refractivity contribution in [2.45, 2.75) is 19.3 Å². The number of nitrogens with zero attached hydrogens (tertiary/aromatic N) is 3. The third-order valence-corrected chi connectivity index (χ3v) is 9.89. The van der Waals surface area contributed by atoms with E-state index in [4.69, 9.17) is 4.42 Å². The van der Waals surface area contributed by atoms with Gasteiger partial charge in [-0.25, -0.2) is 8.42 Å². The van der Waals surface area contributed by atoms with Gasteiger partial charge in [-0.05, 0) is 67.0 Å². The van der Waals surface area contributed by atoms with Gasteiger partial charge >= 0.3 is 0 Å². The quantitative estimate of drug-likeness (QED) is 0.548. The van der Waals surface area contributed by atoms with Crippen LogP contribution >= 0.6 is 0 Å². The van der Waals surface area contributed by atoms with Crippen molar-refractivity contribution in [3.63, 3.8) is 0 Å². The Morgan fingerprint density at radius 2 is 1.78 bits per heavy atom. The number of anilines is 1. The predicted octanol–water partition coefficient (Wildman–Crippen LogP) is 2.73. The summed E-state index contributed by atoms with van der Waals surface area (Å²) in [5.41, 5.74) is 2.42. The number of rotatable bonds is 5. The van der Waals surface area contributed by atoms with Gasteiger partial charge in [0.25, 0.3) is 11.8 Å². The van der Waals surface area contributed by atoms with Crippen molar-refractivity contribution in [2.24, 2.45) is 11.3 Å². The van der Waals surface area contributed by atoms with Crippen molar-refractivity contribution in [1.29, 1.82) is 0 Å². The largest absolute Gasteiger partial charge is 0.449 e. The van der Waals surface area contributed by atoms with Crippen molar-refractivity contribution in [1.82, 2.24) is 15.2 Å². The van der Waals surface area contributed by atoms with E-state index in [9.17, 15) is 18.0 Å². The number of benzene rings is 1. The van der Waals surface area contributed by atoms with Crippen LogP contribution in [0.1, 0.15) is 40.2 Å². The number of likely N-dealkylation sites (tertiary alicyclic amines) is 1. The Balaban J connectivity index is 0.986. The zero-order valence-corrected chi connectivity index (χ0v) is 21.4. The molecule has 3 aromatic rings. The highest BCUT2D eigenvalue weighted by molar-refractivity contribution is 7.91. The zero-order valence-electron chi connectivity index (χ0n) is 20.6. The van der Waals surface area contributed by atoms with E-state index < -0.39 is 9.84 Å². The number of hydrogen-bond donors (Lipinski definition) is 1. The third-order valence-electron chi connectivity index (χ3n) is 8.28. The Bertz CT molecular complexity index is 1390. The van der Waals surface area contributed by atoms with Crippen LogP contribution in [0.25, 0.3) is 11.0 Å². The number of furan rings is 1. The van der Waals surface area contributed by atoms with E-state index in [2.05, 4.69) is 15.2 Å². The molecule has 2 amide bonds. The Labute approximate surface area is 215 Å². The molecule has 1 N–H and O–H groups in total. The van der Waals surface area contributed by atoms with E-state index in [0.29, 0.717) is 55.5 Å². The summed E-state index contributed by atoms with van der Waals surface area (Å²) in [4.78, 5) is 33.6. The average molecular weight is 523 g/mol. The maximum atomic E-state index is 13.1. The fourth-order valence-electron chi connectivity index (χ4n) is 5.76. The van der Waals surface area contributed by atoms with E-state index >= 15 is 0 Å². The molecule has 3 aliphatic rings. The van der Waals surface area contributed by atoms with Gasteiger partial charge in [0.1, 0.15) is 0 Å². The number of hydrogen-bond acceptors (Lipinski definition) is 7. The van der Waals surface area contributed by atoms with E-state index in [1.165, 1.54) is 0 Å². The molecular formula is C27H30N4O5S. The Kier molecular flexibility index (Phi) is 5.94. The minimum atomic E-state index is -2.92.